The van der Waals surface area contributed by atoms with Crippen LogP contribution in [0.25, 0.3) is 0 Å². The van der Waals surface area contributed by atoms with Gasteiger partial charge in [-0.25, -0.2) is 0 Å². The van der Waals surface area contributed by atoms with Gasteiger partial charge in [0.05, 0.1) is 0 Å². The number of hydrogen-bond acceptors (Lipinski definition) is 2. The zero-order chi connectivity index (χ0) is 13.0. The Balaban J connectivity index is 1.97. The predicted octanol–water partition coefficient (Wildman–Crippen LogP) is 4.47. The largest absolute Gasteiger partial charge is 0.313 e. The molecule has 2 fully saturated rings. The van der Waals surface area contributed by atoms with Gasteiger partial charge in [-0.1, -0.05) is 33.1 Å². The van der Waals surface area contributed by atoms with Crippen molar-refractivity contribution in [3.05, 3.63) is 0 Å². The summed E-state index contributed by atoms with van der Waals surface area (Å²) in [7, 11) is 0. The van der Waals surface area contributed by atoms with E-state index in [9.17, 15) is 0 Å². The van der Waals surface area contributed by atoms with Crippen LogP contribution in [-0.4, -0.2) is 23.1 Å². The third-order valence-corrected chi connectivity index (χ3v) is 6.88. The second-order valence-corrected chi connectivity index (χ2v) is 8.12. The number of hydrogen-bond donors (Lipinski definition) is 1. The third-order valence-electron chi connectivity index (χ3n) is 5.27. The van der Waals surface area contributed by atoms with E-state index >= 15 is 0 Å². The van der Waals surface area contributed by atoms with Crippen LogP contribution in [-0.2, 0) is 0 Å². The van der Waals surface area contributed by atoms with Gasteiger partial charge in [-0.05, 0) is 56.7 Å². The minimum absolute atomic E-state index is 0.514. The molecule has 1 heterocycles. The van der Waals surface area contributed by atoms with Gasteiger partial charge in [0, 0.05) is 10.8 Å². The van der Waals surface area contributed by atoms with Crippen LogP contribution in [0.3, 0.4) is 0 Å². The first-order chi connectivity index (χ1) is 8.69. The van der Waals surface area contributed by atoms with Crippen molar-refractivity contribution in [1.82, 2.24) is 5.32 Å². The molecule has 2 atom stereocenters. The average Bonchev–Trinajstić information content (AvgIpc) is 2.84. The molecule has 0 radical (unpaired) electrons. The predicted molar refractivity (Wildman–Crippen MR) is 83.3 cm³/mol. The molecule has 1 aliphatic heterocycles. The summed E-state index contributed by atoms with van der Waals surface area (Å²) in [4.78, 5) is 0. The molecule has 2 heteroatoms. The van der Waals surface area contributed by atoms with Crippen molar-refractivity contribution in [2.24, 2.45) is 11.8 Å². The maximum absolute atomic E-state index is 3.85. The molecule has 0 amide bonds. The lowest BCUT2D eigenvalue weighted by Crippen LogP contribution is -2.51. The molecule has 2 rings (SSSR count). The number of thioether (sulfide) groups is 1. The van der Waals surface area contributed by atoms with Gasteiger partial charge in [-0.3, -0.25) is 0 Å². The smallest absolute Gasteiger partial charge is 0.0287 e. The van der Waals surface area contributed by atoms with E-state index in [1.54, 1.807) is 0 Å². The van der Waals surface area contributed by atoms with Gasteiger partial charge in [0.25, 0.3) is 0 Å². The molecule has 0 spiro atoms. The second-order valence-electron chi connectivity index (χ2n) is 6.49. The van der Waals surface area contributed by atoms with Crippen LogP contribution in [0.15, 0.2) is 0 Å². The lowest BCUT2D eigenvalue weighted by atomic mass is 9.73. The molecule has 1 saturated heterocycles. The fourth-order valence-corrected chi connectivity index (χ4v) is 5.58. The Hall–Kier alpha value is 0.310. The lowest BCUT2D eigenvalue weighted by Gasteiger charge is -2.42. The van der Waals surface area contributed by atoms with Gasteiger partial charge in [0.15, 0.2) is 0 Å². The van der Waals surface area contributed by atoms with Gasteiger partial charge in [-0.2, -0.15) is 11.8 Å². The average molecular weight is 269 g/mol. The first-order valence-electron chi connectivity index (χ1n) is 8.07. The molecule has 1 N–H and O–H groups in total. The highest BCUT2D eigenvalue weighted by atomic mass is 32.2. The van der Waals surface area contributed by atoms with Crippen LogP contribution in [0, 0.1) is 11.8 Å². The van der Waals surface area contributed by atoms with Crippen molar-refractivity contribution in [3.63, 3.8) is 0 Å². The van der Waals surface area contributed by atoms with Crippen molar-refractivity contribution < 1.29 is 0 Å². The second kappa shape index (κ2) is 6.65. The van der Waals surface area contributed by atoms with Gasteiger partial charge < -0.3 is 5.32 Å². The summed E-state index contributed by atoms with van der Waals surface area (Å²) >= 11 is 2.23. The third kappa shape index (κ3) is 3.25. The molecular weight excluding hydrogens is 238 g/mol. The fourth-order valence-electron chi connectivity index (χ4n) is 4.08. The summed E-state index contributed by atoms with van der Waals surface area (Å²) in [6.45, 7) is 8.28. The molecule has 1 nitrogen and oxygen atoms in total. The van der Waals surface area contributed by atoms with Crippen LogP contribution < -0.4 is 5.32 Å². The fraction of sp³-hybridized carbons (Fsp3) is 1.00. The van der Waals surface area contributed by atoms with Crippen molar-refractivity contribution in [1.29, 1.82) is 0 Å². The monoisotopic (exact) mass is 269 g/mol. The molecule has 0 bridgehead atoms. The van der Waals surface area contributed by atoms with Crippen molar-refractivity contribution >= 4 is 11.8 Å². The van der Waals surface area contributed by atoms with Crippen LogP contribution >= 0.6 is 11.8 Å². The molecule has 18 heavy (non-hydrogen) atoms. The highest BCUT2D eigenvalue weighted by molar-refractivity contribution is 8.00. The van der Waals surface area contributed by atoms with Crippen LogP contribution in [0.2, 0.25) is 0 Å². The summed E-state index contributed by atoms with van der Waals surface area (Å²) in [6, 6.07) is 0.757. The van der Waals surface area contributed by atoms with E-state index in [1.165, 1.54) is 50.7 Å². The summed E-state index contributed by atoms with van der Waals surface area (Å²) in [5.74, 6) is 3.33. The van der Waals surface area contributed by atoms with Crippen molar-refractivity contribution in [2.45, 2.75) is 76.5 Å². The van der Waals surface area contributed by atoms with Crippen LogP contribution in [0.1, 0.15) is 65.7 Å². The Bertz CT molecular complexity index is 239. The minimum atomic E-state index is 0.514. The summed E-state index contributed by atoms with van der Waals surface area (Å²) in [6.07, 6.45) is 10.1. The molecule has 2 unspecified atom stereocenters. The Kier molecular flexibility index (Phi) is 5.44. The number of nitrogens with one attached hydrogen (secondary N) is 1. The SMILES string of the molecule is CCNC(C1CCC(CC)CC1)C1(C)CCCS1. The molecule has 0 aromatic heterocycles. The first kappa shape index (κ1) is 14.7. The zero-order valence-corrected chi connectivity index (χ0v) is 13.3. The molecule has 2 aliphatic rings. The molecule has 0 aromatic rings. The first-order valence-corrected chi connectivity index (χ1v) is 9.05. The van der Waals surface area contributed by atoms with E-state index in [0.717, 1.165) is 24.4 Å². The van der Waals surface area contributed by atoms with Gasteiger partial charge in [-0.15, -0.1) is 0 Å². The van der Waals surface area contributed by atoms with Crippen molar-refractivity contribution in [3.8, 4) is 0 Å². The Morgan fingerprint density at radius 3 is 2.44 bits per heavy atom. The highest BCUT2D eigenvalue weighted by Crippen LogP contribution is 2.46. The van der Waals surface area contributed by atoms with E-state index in [4.69, 9.17) is 0 Å². The van der Waals surface area contributed by atoms with E-state index in [-0.39, 0.29) is 0 Å². The summed E-state index contributed by atoms with van der Waals surface area (Å²) in [5.41, 5.74) is 0. The quantitative estimate of drug-likeness (QED) is 0.790. The standard InChI is InChI=1S/C16H31NS/c1-4-13-7-9-14(10-8-13)15(17-5-2)16(3)11-6-12-18-16/h13-15,17H,4-12H2,1-3H3. The van der Waals surface area contributed by atoms with E-state index < -0.39 is 0 Å². The maximum atomic E-state index is 3.85. The van der Waals surface area contributed by atoms with Gasteiger partial charge in [0.1, 0.15) is 0 Å². The Morgan fingerprint density at radius 1 is 1.22 bits per heavy atom. The topological polar surface area (TPSA) is 12.0 Å². The van der Waals surface area contributed by atoms with E-state index in [0.29, 0.717) is 4.75 Å². The summed E-state index contributed by atoms with van der Waals surface area (Å²) in [5, 5.41) is 3.85. The van der Waals surface area contributed by atoms with Crippen LogP contribution in [0.4, 0.5) is 0 Å². The van der Waals surface area contributed by atoms with E-state index in [2.05, 4.69) is 37.8 Å². The van der Waals surface area contributed by atoms with Gasteiger partial charge >= 0.3 is 0 Å². The molecule has 1 aliphatic carbocycles. The zero-order valence-electron chi connectivity index (χ0n) is 12.5. The normalized spacial score (nSPS) is 38.8. The summed E-state index contributed by atoms with van der Waals surface area (Å²) < 4.78 is 0.514. The molecular formula is C16H31NS. The lowest BCUT2D eigenvalue weighted by molar-refractivity contribution is 0.193. The maximum Gasteiger partial charge on any atom is 0.0287 e. The molecule has 1 saturated carbocycles. The molecule has 0 aromatic carbocycles. The van der Waals surface area contributed by atoms with Gasteiger partial charge in [0.2, 0.25) is 0 Å². The van der Waals surface area contributed by atoms with Crippen molar-refractivity contribution in [2.75, 3.05) is 12.3 Å². The molecule has 106 valence electrons. The number of rotatable bonds is 5. The minimum Gasteiger partial charge on any atom is -0.313 e. The Labute approximate surface area is 118 Å². The van der Waals surface area contributed by atoms with Crippen LogP contribution in [0.5, 0.6) is 0 Å². The highest BCUT2D eigenvalue weighted by Gasteiger charge is 2.42. The Morgan fingerprint density at radius 2 is 1.94 bits per heavy atom. The van der Waals surface area contributed by atoms with E-state index in [1.807, 2.05) is 0 Å².